The van der Waals surface area contributed by atoms with Crippen molar-refractivity contribution in [2.24, 2.45) is 0 Å². The lowest BCUT2D eigenvalue weighted by molar-refractivity contribution is -0.122. The summed E-state index contributed by atoms with van der Waals surface area (Å²) >= 11 is 0.723. The topological polar surface area (TPSA) is 105 Å². The molecule has 31 heavy (non-hydrogen) atoms. The predicted octanol–water partition coefficient (Wildman–Crippen LogP) is 3.47. The Balaban J connectivity index is 1.55. The van der Waals surface area contributed by atoms with E-state index >= 15 is 0 Å². The molecule has 0 unspecified atom stereocenters. The molecule has 1 fully saturated rings. The number of ether oxygens (including phenoxy) is 1. The van der Waals surface area contributed by atoms with Crippen LogP contribution in [0.5, 0.6) is 0 Å². The summed E-state index contributed by atoms with van der Waals surface area (Å²) in [6.45, 7) is 0.0268. The molecule has 0 saturated carbocycles. The van der Waals surface area contributed by atoms with Gasteiger partial charge in [0.2, 0.25) is 0 Å². The molecule has 0 bridgehead atoms. The fraction of sp³-hybridized carbons (Fsp3) is 0.143. The summed E-state index contributed by atoms with van der Waals surface area (Å²) in [4.78, 5) is 49.1. The minimum atomic E-state index is -0.626. The number of methoxy groups -OCH3 is 1. The van der Waals surface area contributed by atoms with E-state index < -0.39 is 29.0 Å². The van der Waals surface area contributed by atoms with Gasteiger partial charge in [-0.1, -0.05) is 18.2 Å². The van der Waals surface area contributed by atoms with E-state index in [4.69, 9.17) is 0 Å². The minimum absolute atomic E-state index is 0.0208. The molecule has 8 nitrogen and oxygen atoms in total. The Kier molecular flexibility index (Phi) is 7.03. The average molecular weight is 443 g/mol. The maximum Gasteiger partial charge on any atom is 0.411 e. The van der Waals surface area contributed by atoms with Crippen LogP contribution in [0.2, 0.25) is 0 Å². The Bertz CT molecular complexity index is 1060. The largest absolute Gasteiger partial charge is 0.453 e. The average Bonchev–Trinajstić information content (AvgIpc) is 3.03. The van der Waals surface area contributed by atoms with Crippen molar-refractivity contribution in [2.75, 3.05) is 25.5 Å². The van der Waals surface area contributed by atoms with Crippen LogP contribution in [0.25, 0.3) is 6.08 Å². The van der Waals surface area contributed by atoms with E-state index in [0.717, 1.165) is 16.7 Å². The summed E-state index contributed by atoms with van der Waals surface area (Å²) < 4.78 is 18.3. The van der Waals surface area contributed by atoms with E-state index in [1.807, 2.05) is 0 Å². The van der Waals surface area contributed by atoms with Crippen LogP contribution in [0.3, 0.4) is 0 Å². The molecule has 0 spiro atoms. The molecule has 2 N–H and O–H groups in total. The molecule has 3 rings (SSSR count). The van der Waals surface area contributed by atoms with Crippen molar-refractivity contribution in [3.8, 4) is 0 Å². The third-order valence-corrected chi connectivity index (χ3v) is 5.17. The molecule has 1 saturated heterocycles. The first kappa shape index (κ1) is 22.0. The first-order valence-electron chi connectivity index (χ1n) is 9.12. The summed E-state index contributed by atoms with van der Waals surface area (Å²) in [5.41, 5.74) is 1.01. The third kappa shape index (κ3) is 5.48. The summed E-state index contributed by atoms with van der Waals surface area (Å²) in [5, 5.41) is 4.61. The van der Waals surface area contributed by atoms with Crippen LogP contribution < -0.4 is 10.6 Å². The molecular weight excluding hydrogens is 425 g/mol. The molecule has 1 aliphatic heterocycles. The van der Waals surface area contributed by atoms with E-state index in [0.29, 0.717) is 11.3 Å². The summed E-state index contributed by atoms with van der Waals surface area (Å²) in [5.74, 6) is -1.43. The van der Waals surface area contributed by atoms with Crippen molar-refractivity contribution in [1.82, 2.24) is 10.2 Å². The van der Waals surface area contributed by atoms with E-state index in [2.05, 4.69) is 15.4 Å². The fourth-order valence-electron chi connectivity index (χ4n) is 2.68. The number of nitrogens with one attached hydrogen (secondary N) is 2. The Morgan fingerprint density at radius 1 is 1.13 bits per heavy atom. The molecule has 1 aliphatic rings. The second-order valence-electron chi connectivity index (χ2n) is 6.30. The molecule has 0 atom stereocenters. The Morgan fingerprint density at radius 3 is 2.52 bits per heavy atom. The monoisotopic (exact) mass is 443 g/mol. The van der Waals surface area contributed by atoms with Crippen LogP contribution in [-0.4, -0.2) is 48.2 Å². The number of amides is 4. The molecule has 1 heterocycles. The number of benzene rings is 2. The number of hydrogen-bond donors (Lipinski definition) is 2. The van der Waals surface area contributed by atoms with Gasteiger partial charge in [-0.15, -0.1) is 0 Å². The normalized spacial score (nSPS) is 14.6. The molecule has 2 aromatic carbocycles. The predicted molar refractivity (Wildman–Crippen MR) is 114 cm³/mol. The van der Waals surface area contributed by atoms with Gasteiger partial charge < -0.3 is 10.1 Å². The van der Waals surface area contributed by atoms with Crippen molar-refractivity contribution >= 4 is 46.7 Å². The van der Waals surface area contributed by atoms with Gasteiger partial charge in [0.25, 0.3) is 17.1 Å². The van der Waals surface area contributed by atoms with Gasteiger partial charge in [-0.25, -0.2) is 9.18 Å². The fourth-order valence-corrected chi connectivity index (χ4v) is 3.54. The number of rotatable bonds is 6. The number of hydrogen-bond acceptors (Lipinski definition) is 6. The van der Waals surface area contributed by atoms with Gasteiger partial charge in [0.05, 0.1) is 12.0 Å². The standard InChI is InChI=1S/C21H18FN3O5S/c1-30-20(28)24-15-8-6-13(7-9-15)18(26)23-10-11-25-19(27)17(31-21(25)29)12-14-4-2-3-5-16(14)22/h2-9,12H,10-11H2,1H3,(H,23,26)(H,24,28)/b17-12-. The number of imide groups is 1. The van der Waals surface area contributed by atoms with Crippen molar-refractivity contribution in [2.45, 2.75) is 0 Å². The van der Waals surface area contributed by atoms with E-state index in [9.17, 15) is 23.6 Å². The van der Waals surface area contributed by atoms with E-state index in [-0.39, 0.29) is 23.6 Å². The Labute approximate surface area is 181 Å². The molecular formula is C21H18FN3O5S. The summed E-state index contributed by atoms with van der Waals surface area (Å²) in [6.07, 6.45) is 0.710. The second kappa shape index (κ2) is 9.90. The molecule has 4 amide bonds. The van der Waals surface area contributed by atoms with Gasteiger partial charge in [-0.2, -0.15) is 0 Å². The lowest BCUT2D eigenvalue weighted by atomic mass is 10.2. The van der Waals surface area contributed by atoms with Crippen LogP contribution in [-0.2, 0) is 9.53 Å². The van der Waals surface area contributed by atoms with Crippen molar-refractivity contribution in [3.63, 3.8) is 0 Å². The number of nitrogens with zero attached hydrogens (tertiary/aromatic N) is 1. The first-order valence-corrected chi connectivity index (χ1v) is 9.94. The molecule has 0 aromatic heterocycles. The SMILES string of the molecule is COC(=O)Nc1ccc(C(=O)NCCN2C(=O)S/C(=C\c3ccccc3F)C2=O)cc1. The highest BCUT2D eigenvalue weighted by Crippen LogP contribution is 2.32. The van der Waals surface area contributed by atoms with Crippen molar-refractivity contribution < 1.29 is 28.3 Å². The maximum absolute atomic E-state index is 13.8. The Hall–Kier alpha value is -3.66. The number of halogens is 1. The van der Waals surface area contributed by atoms with Crippen LogP contribution in [0, 0.1) is 5.82 Å². The van der Waals surface area contributed by atoms with E-state index in [1.165, 1.54) is 55.7 Å². The van der Waals surface area contributed by atoms with Gasteiger partial charge in [0.1, 0.15) is 5.82 Å². The van der Waals surface area contributed by atoms with Crippen LogP contribution in [0.1, 0.15) is 15.9 Å². The maximum atomic E-state index is 13.8. The quantitative estimate of drug-likeness (QED) is 0.663. The van der Waals surface area contributed by atoms with Crippen molar-refractivity contribution in [1.29, 1.82) is 0 Å². The highest BCUT2D eigenvalue weighted by molar-refractivity contribution is 8.18. The lowest BCUT2D eigenvalue weighted by Crippen LogP contribution is -2.37. The molecule has 2 aromatic rings. The second-order valence-corrected chi connectivity index (χ2v) is 7.30. The first-order chi connectivity index (χ1) is 14.9. The zero-order valence-corrected chi connectivity index (χ0v) is 17.2. The van der Waals surface area contributed by atoms with Gasteiger partial charge >= 0.3 is 6.09 Å². The van der Waals surface area contributed by atoms with Gasteiger partial charge in [0, 0.05) is 29.9 Å². The minimum Gasteiger partial charge on any atom is -0.453 e. The van der Waals surface area contributed by atoms with Crippen LogP contribution in [0.15, 0.2) is 53.4 Å². The number of thioether (sulfide) groups is 1. The van der Waals surface area contributed by atoms with Gasteiger partial charge in [-0.3, -0.25) is 24.6 Å². The number of carbonyl (C=O) groups excluding carboxylic acids is 4. The molecule has 0 aliphatic carbocycles. The highest BCUT2D eigenvalue weighted by atomic mass is 32.2. The molecule has 0 radical (unpaired) electrons. The lowest BCUT2D eigenvalue weighted by Gasteiger charge is -2.13. The van der Waals surface area contributed by atoms with Crippen LogP contribution >= 0.6 is 11.8 Å². The van der Waals surface area contributed by atoms with Crippen LogP contribution in [0.4, 0.5) is 19.7 Å². The zero-order chi connectivity index (χ0) is 22.4. The number of anilines is 1. The highest BCUT2D eigenvalue weighted by Gasteiger charge is 2.34. The summed E-state index contributed by atoms with van der Waals surface area (Å²) in [7, 11) is 1.24. The van der Waals surface area contributed by atoms with Gasteiger partial charge in [0.15, 0.2) is 0 Å². The Morgan fingerprint density at radius 2 is 1.84 bits per heavy atom. The van der Waals surface area contributed by atoms with E-state index in [1.54, 1.807) is 6.07 Å². The third-order valence-electron chi connectivity index (χ3n) is 4.27. The molecule has 160 valence electrons. The molecule has 10 heteroatoms. The van der Waals surface area contributed by atoms with Gasteiger partial charge in [-0.05, 0) is 48.2 Å². The number of carbonyl (C=O) groups is 4. The van der Waals surface area contributed by atoms with Crippen molar-refractivity contribution in [3.05, 3.63) is 70.4 Å². The zero-order valence-electron chi connectivity index (χ0n) is 16.4. The summed E-state index contributed by atoms with van der Waals surface area (Å²) in [6, 6.07) is 12.0. The smallest absolute Gasteiger partial charge is 0.411 e.